The zero-order chi connectivity index (χ0) is 17.5. The van der Waals surface area contributed by atoms with E-state index in [9.17, 15) is 4.79 Å². The summed E-state index contributed by atoms with van der Waals surface area (Å²) in [5.74, 6) is 0.746. The van der Waals surface area contributed by atoms with Crippen molar-refractivity contribution >= 4 is 17.5 Å². The normalized spacial score (nSPS) is 13.6. The van der Waals surface area contributed by atoms with E-state index in [0.717, 1.165) is 38.1 Å². The molecular weight excluding hydrogens is 336 g/mol. The third kappa shape index (κ3) is 4.74. The Balaban J connectivity index is 1.50. The number of nitrogens with one attached hydrogen (secondary N) is 2. The van der Waals surface area contributed by atoms with E-state index in [1.54, 1.807) is 12.1 Å². The van der Waals surface area contributed by atoms with Crippen LogP contribution in [0, 0.1) is 0 Å². The number of amides is 1. The molecule has 0 saturated heterocycles. The Bertz CT molecular complexity index is 719. The highest BCUT2D eigenvalue weighted by atomic mass is 35.5. The summed E-state index contributed by atoms with van der Waals surface area (Å²) in [5, 5.41) is 6.97. The van der Waals surface area contributed by atoms with Crippen LogP contribution in [0.25, 0.3) is 0 Å². The number of hydrogen-bond acceptors (Lipinski definition) is 3. The number of halogens is 1. The van der Waals surface area contributed by atoms with E-state index in [0.29, 0.717) is 23.7 Å². The smallest absolute Gasteiger partial charge is 0.251 e. The number of benzene rings is 2. The second-order valence-corrected chi connectivity index (χ2v) is 6.50. The zero-order valence-electron chi connectivity index (χ0n) is 14.2. The summed E-state index contributed by atoms with van der Waals surface area (Å²) in [7, 11) is 0. The molecule has 1 amide bonds. The molecule has 5 heteroatoms. The molecule has 0 fully saturated rings. The van der Waals surface area contributed by atoms with Gasteiger partial charge in [-0.2, -0.15) is 0 Å². The standard InChI is InChI=1S/C20H23ClN2O2/c21-18-8-7-15-9-12-22-13-10-17(15)19(18)25-14-4-11-23-20(24)16-5-2-1-3-6-16/h1-3,5-8,22H,4,9-14H2,(H,23,24). The van der Waals surface area contributed by atoms with E-state index >= 15 is 0 Å². The summed E-state index contributed by atoms with van der Waals surface area (Å²) in [6.45, 7) is 3.02. The minimum Gasteiger partial charge on any atom is -0.492 e. The van der Waals surface area contributed by atoms with E-state index in [1.165, 1.54) is 11.1 Å². The van der Waals surface area contributed by atoms with Crippen LogP contribution in [-0.4, -0.2) is 32.1 Å². The lowest BCUT2D eigenvalue weighted by Gasteiger charge is -2.15. The van der Waals surface area contributed by atoms with Crippen molar-refractivity contribution in [2.75, 3.05) is 26.2 Å². The molecule has 132 valence electrons. The third-order valence-corrected chi connectivity index (χ3v) is 4.62. The van der Waals surface area contributed by atoms with Crippen molar-refractivity contribution in [3.8, 4) is 5.75 Å². The molecule has 25 heavy (non-hydrogen) atoms. The van der Waals surface area contributed by atoms with Crippen LogP contribution in [0.15, 0.2) is 42.5 Å². The Labute approximate surface area is 153 Å². The van der Waals surface area contributed by atoms with E-state index in [-0.39, 0.29) is 5.91 Å². The topological polar surface area (TPSA) is 50.4 Å². The molecule has 1 aliphatic heterocycles. The van der Waals surface area contributed by atoms with Gasteiger partial charge >= 0.3 is 0 Å². The molecule has 4 nitrogen and oxygen atoms in total. The molecule has 0 bridgehead atoms. The number of rotatable bonds is 6. The van der Waals surface area contributed by atoms with Gasteiger partial charge in [0.1, 0.15) is 5.75 Å². The van der Waals surface area contributed by atoms with E-state index < -0.39 is 0 Å². The van der Waals surface area contributed by atoms with Gasteiger partial charge in [-0.25, -0.2) is 0 Å². The van der Waals surface area contributed by atoms with Gasteiger partial charge in [-0.1, -0.05) is 35.9 Å². The first-order valence-electron chi connectivity index (χ1n) is 8.73. The molecule has 1 aliphatic rings. The molecular formula is C20H23ClN2O2. The van der Waals surface area contributed by atoms with Gasteiger partial charge in [0, 0.05) is 17.7 Å². The van der Waals surface area contributed by atoms with Crippen LogP contribution in [0.5, 0.6) is 5.75 Å². The highest BCUT2D eigenvalue weighted by Gasteiger charge is 2.15. The largest absolute Gasteiger partial charge is 0.492 e. The predicted octanol–water partition coefficient (Wildman–Crippen LogP) is 3.23. The fraction of sp³-hybridized carbons (Fsp3) is 0.350. The highest BCUT2D eigenvalue weighted by Crippen LogP contribution is 2.33. The monoisotopic (exact) mass is 358 g/mol. The molecule has 0 atom stereocenters. The number of fused-ring (bicyclic) bond motifs is 1. The van der Waals surface area contributed by atoms with Gasteiger partial charge in [-0.05, 0) is 56.1 Å². The average molecular weight is 359 g/mol. The first kappa shape index (κ1) is 17.8. The minimum atomic E-state index is -0.0571. The molecule has 0 aromatic heterocycles. The van der Waals surface area contributed by atoms with Gasteiger partial charge in [0.25, 0.3) is 5.91 Å². The van der Waals surface area contributed by atoms with Crippen molar-refractivity contribution < 1.29 is 9.53 Å². The zero-order valence-corrected chi connectivity index (χ0v) is 14.9. The lowest BCUT2D eigenvalue weighted by Crippen LogP contribution is -2.25. The highest BCUT2D eigenvalue weighted by molar-refractivity contribution is 6.32. The van der Waals surface area contributed by atoms with E-state index in [1.807, 2.05) is 24.3 Å². The summed E-state index contributed by atoms with van der Waals surface area (Å²) in [5.41, 5.74) is 3.19. The van der Waals surface area contributed by atoms with Gasteiger partial charge in [-0.15, -0.1) is 0 Å². The van der Waals surface area contributed by atoms with Gasteiger partial charge in [0.05, 0.1) is 11.6 Å². The summed E-state index contributed by atoms with van der Waals surface area (Å²) in [4.78, 5) is 12.0. The molecule has 0 saturated carbocycles. The Kier molecular flexibility index (Phi) is 6.31. The van der Waals surface area contributed by atoms with Crippen LogP contribution in [0.4, 0.5) is 0 Å². The second kappa shape index (κ2) is 8.88. The summed E-state index contributed by atoms with van der Waals surface area (Å²) >= 11 is 6.34. The first-order chi connectivity index (χ1) is 12.3. The number of hydrogen-bond donors (Lipinski definition) is 2. The number of carbonyl (C=O) groups is 1. The van der Waals surface area contributed by atoms with Crippen molar-refractivity contribution in [3.05, 3.63) is 64.2 Å². The SMILES string of the molecule is O=C(NCCCOc1c(Cl)ccc2c1CCNCC2)c1ccccc1. The van der Waals surface area contributed by atoms with E-state index in [4.69, 9.17) is 16.3 Å². The molecule has 0 unspecified atom stereocenters. The lowest BCUT2D eigenvalue weighted by atomic mass is 10.0. The third-order valence-electron chi connectivity index (χ3n) is 4.32. The minimum absolute atomic E-state index is 0.0571. The van der Waals surface area contributed by atoms with Gasteiger partial charge in [-0.3, -0.25) is 4.79 Å². The van der Waals surface area contributed by atoms with Crippen molar-refractivity contribution in [1.29, 1.82) is 0 Å². The fourth-order valence-corrected chi connectivity index (χ4v) is 3.24. The Morgan fingerprint density at radius 2 is 1.92 bits per heavy atom. The van der Waals surface area contributed by atoms with Crippen LogP contribution in [-0.2, 0) is 12.8 Å². The molecule has 0 aliphatic carbocycles. The Morgan fingerprint density at radius 3 is 2.76 bits per heavy atom. The summed E-state index contributed by atoms with van der Waals surface area (Å²) in [6, 6.07) is 13.2. The maximum Gasteiger partial charge on any atom is 0.251 e. The van der Waals surface area contributed by atoms with Gasteiger partial charge in [0.15, 0.2) is 0 Å². The first-order valence-corrected chi connectivity index (χ1v) is 9.10. The van der Waals surface area contributed by atoms with Crippen LogP contribution in [0.3, 0.4) is 0 Å². The molecule has 0 radical (unpaired) electrons. The van der Waals surface area contributed by atoms with Crippen LogP contribution in [0.2, 0.25) is 5.02 Å². The van der Waals surface area contributed by atoms with Crippen LogP contribution < -0.4 is 15.4 Å². The van der Waals surface area contributed by atoms with Gasteiger partial charge < -0.3 is 15.4 Å². The predicted molar refractivity (Wildman–Crippen MR) is 101 cm³/mol. The number of carbonyl (C=O) groups excluding carboxylic acids is 1. The summed E-state index contributed by atoms with van der Waals surface area (Å²) < 4.78 is 5.97. The molecule has 1 heterocycles. The maximum absolute atomic E-state index is 12.0. The van der Waals surface area contributed by atoms with Crippen LogP contribution >= 0.6 is 11.6 Å². The van der Waals surface area contributed by atoms with Crippen molar-refractivity contribution in [1.82, 2.24) is 10.6 Å². The molecule has 2 aromatic carbocycles. The quantitative estimate of drug-likeness (QED) is 0.779. The Morgan fingerprint density at radius 1 is 1.12 bits per heavy atom. The van der Waals surface area contributed by atoms with Crippen molar-refractivity contribution in [2.24, 2.45) is 0 Å². The molecule has 0 spiro atoms. The van der Waals surface area contributed by atoms with Gasteiger partial charge in [0.2, 0.25) is 0 Å². The Hall–Kier alpha value is -2.04. The van der Waals surface area contributed by atoms with E-state index in [2.05, 4.69) is 16.7 Å². The average Bonchev–Trinajstić information content (AvgIpc) is 2.89. The molecule has 2 aromatic rings. The molecule has 3 rings (SSSR count). The maximum atomic E-state index is 12.0. The fourth-order valence-electron chi connectivity index (χ4n) is 3.01. The lowest BCUT2D eigenvalue weighted by molar-refractivity contribution is 0.0951. The summed E-state index contributed by atoms with van der Waals surface area (Å²) in [6.07, 6.45) is 2.66. The number of ether oxygens (including phenoxy) is 1. The molecule has 2 N–H and O–H groups in total. The van der Waals surface area contributed by atoms with Crippen LogP contribution in [0.1, 0.15) is 27.9 Å². The van der Waals surface area contributed by atoms with Crippen molar-refractivity contribution in [3.63, 3.8) is 0 Å². The second-order valence-electron chi connectivity index (χ2n) is 6.09. The van der Waals surface area contributed by atoms with Crippen molar-refractivity contribution in [2.45, 2.75) is 19.3 Å².